The molecule has 3 N–H and O–H groups in total. The molecule has 2 aromatic rings. The summed E-state index contributed by atoms with van der Waals surface area (Å²) in [6, 6.07) is 6.88. The SMILES string of the molecule is Nc1ncccc1C(=O)N1[C@H](c2cccc(C(F)(F)F)c2)C[C@H]2NC(=O)CCCC[C@@H]21. The van der Waals surface area contributed by atoms with Crippen LogP contribution in [0, 0.1) is 0 Å². The molecule has 2 fully saturated rings. The van der Waals surface area contributed by atoms with Gasteiger partial charge in [0.25, 0.3) is 5.91 Å². The highest BCUT2D eigenvalue weighted by Crippen LogP contribution is 2.42. The molecule has 164 valence electrons. The Labute approximate surface area is 177 Å². The molecule has 0 unspecified atom stereocenters. The first kappa shape index (κ1) is 21.1. The highest BCUT2D eigenvalue weighted by Gasteiger charge is 2.46. The highest BCUT2D eigenvalue weighted by atomic mass is 19.4. The summed E-state index contributed by atoms with van der Waals surface area (Å²) in [5.41, 5.74) is 5.74. The Bertz CT molecular complexity index is 995. The van der Waals surface area contributed by atoms with Gasteiger partial charge >= 0.3 is 6.18 Å². The molecule has 2 aliphatic rings. The average Bonchev–Trinajstić information content (AvgIpc) is 3.06. The van der Waals surface area contributed by atoms with Crippen molar-refractivity contribution in [2.45, 2.75) is 56.4 Å². The van der Waals surface area contributed by atoms with E-state index in [2.05, 4.69) is 10.3 Å². The fourth-order valence-electron chi connectivity index (χ4n) is 4.60. The second-order valence-corrected chi connectivity index (χ2v) is 8.01. The van der Waals surface area contributed by atoms with Crippen LogP contribution in [0.15, 0.2) is 42.6 Å². The smallest absolute Gasteiger partial charge is 0.383 e. The Kier molecular flexibility index (Phi) is 5.60. The molecule has 0 radical (unpaired) electrons. The lowest BCUT2D eigenvalue weighted by molar-refractivity contribution is -0.137. The number of nitrogens with two attached hydrogens (primary N) is 1. The third-order valence-electron chi connectivity index (χ3n) is 6.04. The van der Waals surface area contributed by atoms with Crippen molar-refractivity contribution in [3.05, 3.63) is 59.3 Å². The largest absolute Gasteiger partial charge is 0.416 e. The van der Waals surface area contributed by atoms with Crippen molar-refractivity contribution in [3.8, 4) is 0 Å². The first-order valence-corrected chi connectivity index (χ1v) is 10.3. The van der Waals surface area contributed by atoms with Crippen LogP contribution in [0.3, 0.4) is 0 Å². The Hall–Kier alpha value is -3.10. The quantitative estimate of drug-likeness (QED) is 0.758. The second kappa shape index (κ2) is 8.20. The van der Waals surface area contributed by atoms with Crippen LogP contribution in [-0.4, -0.2) is 33.8 Å². The summed E-state index contributed by atoms with van der Waals surface area (Å²) >= 11 is 0. The number of fused-ring (bicyclic) bond motifs is 1. The minimum absolute atomic E-state index is 0.0635. The number of nitrogen functional groups attached to an aromatic ring is 1. The van der Waals surface area contributed by atoms with Gasteiger partial charge in [-0.2, -0.15) is 13.2 Å². The number of halogens is 3. The van der Waals surface area contributed by atoms with Gasteiger partial charge in [-0.3, -0.25) is 9.59 Å². The van der Waals surface area contributed by atoms with Crippen molar-refractivity contribution in [1.29, 1.82) is 0 Å². The Balaban J connectivity index is 1.77. The van der Waals surface area contributed by atoms with Gasteiger partial charge < -0.3 is 16.0 Å². The van der Waals surface area contributed by atoms with E-state index in [1.54, 1.807) is 23.1 Å². The molecule has 0 aliphatic carbocycles. The number of hydrogen-bond acceptors (Lipinski definition) is 4. The molecule has 1 aromatic heterocycles. The standard InChI is InChI=1S/C22H23F3N4O2/c23-22(24,25)14-6-3-5-13(11-14)18-12-16-17(8-1-2-9-19(30)28-16)29(18)21(31)15-7-4-10-27-20(15)26/h3-7,10-11,16-18H,1-2,8-9,12H2,(H2,26,27)(H,28,30)/t16-,17+,18+/m1/s1. The molecule has 6 nitrogen and oxygen atoms in total. The zero-order valence-electron chi connectivity index (χ0n) is 16.7. The number of rotatable bonds is 2. The first-order valence-electron chi connectivity index (χ1n) is 10.3. The van der Waals surface area contributed by atoms with Gasteiger partial charge in [-0.05, 0) is 49.1 Å². The monoisotopic (exact) mass is 432 g/mol. The van der Waals surface area contributed by atoms with Crippen LogP contribution in [0.1, 0.15) is 59.6 Å². The van der Waals surface area contributed by atoms with Crippen molar-refractivity contribution >= 4 is 17.6 Å². The maximum atomic E-state index is 13.5. The maximum Gasteiger partial charge on any atom is 0.416 e. The van der Waals surface area contributed by atoms with Gasteiger partial charge in [-0.1, -0.05) is 18.6 Å². The van der Waals surface area contributed by atoms with Crippen molar-refractivity contribution in [2.24, 2.45) is 0 Å². The number of pyridine rings is 1. The van der Waals surface area contributed by atoms with Crippen LogP contribution >= 0.6 is 0 Å². The molecule has 2 amide bonds. The Morgan fingerprint density at radius 3 is 2.74 bits per heavy atom. The number of aromatic nitrogens is 1. The Morgan fingerprint density at radius 2 is 2.00 bits per heavy atom. The third-order valence-corrected chi connectivity index (χ3v) is 6.04. The molecule has 3 heterocycles. The van der Waals surface area contributed by atoms with Crippen LogP contribution in [0.2, 0.25) is 0 Å². The van der Waals surface area contributed by atoms with E-state index in [0.717, 1.165) is 18.6 Å². The summed E-state index contributed by atoms with van der Waals surface area (Å²) in [4.78, 5) is 31.3. The van der Waals surface area contributed by atoms with E-state index in [0.29, 0.717) is 31.2 Å². The Morgan fingerprint density at radius 1 is 1.19 bits per heavy atom. The molecule has 1 aromatic carbocycles. The number of nitrogens with one attached hydrogen (secondary N) is 1. The maximum absolute atomic E-state index is 13.5. The number of benzene rings is 1. The lowest BCUT2D eigenvalue weighted by Crippen LogP contribution is -2.48. The van der Waals surface area contributed by atoms with E-state index in [4.69, 9.17) is 5.73 Å². The molecule has 3 atom stereocenters. The predicted molar refractivity (Wildman–Crippen MR) is 108 cm³/mol. The van der Waals surface area contributed by atoms with E-state index in [9.17, 15) is 22.8 Å². The summed E-state index contributed by atoms with van der Waals surface area (Å²) in [7, 11) is 0. The van der Waals surface area contributed by atoms with Gasteiger partial charge in [-0.15, -0.1) is 0 Å². The van der Waals surface area contributed by atoms with E-state index in [1.807, 2.05) is 0 Å². The zero-order chi connectivity index (χ0) is 22.2. The zero-order valence-corrected chi connectivity index (χ0v) is 16.7. The topological polar surface area (TPSA) is 88.3 Å². The minimum atomic E-state index is -4.49. The minimum Gasteiger partial charge on any atom is -0.383 e. The highest BCUT2D eigenvalue weighted by molar-refractivity contribution is 5.99. The number of hydrogen-bond donors (Lipinski definition) is 2. The van der Waals surface area contributed by atoms with E-state index >= 15 is 0 Å². The van der Waals surface area contributed by atoms with E-state index < -0.39 is 23.7 Å². The van der Waals surface area contributed by atoms with Crippen molar-refractivity contribution in [3.63, 3.8) is 0 Å². The molecule has 0 saturated carbocycles. The summed E-state index contributed by atoms with van der Waals surface area (Å²) in [6.45, 7) is 0. The average molecular weight is 432 g/mol. The second-order valence-electron chi connectivity index (χ2n) is 8.01. The van der Waals surface area contributed by atoms with Crippen LogP contribution in [0.4, 0.5) is 19.0 Å². The van der Waals surface area contributed by atoms with Crippen LogP contribution in [0.5, 0.6) is 0 Å². The molecule has 0 bridgehead atoms. The van der Waals surface area contributed by atoms with Crippen molar-refractivity contribution < 1.29 is 22.8 Å². The number of amides is 2. The molecular formula is C22H23F3N4O2. The van der Waals surface area contributed by atoms with Crippen LogP contribution < -0.4 is 11.1 Å². The van der Waals surface area contributed by atoms with Gasteiger partial charge in [-0.25, -0.2) is 4.98 Å². The first-order chi connectivity index (χ1) is 14.8. The number of likely N-dealkylation sites (tertiary alicyclic amines) is 1. The van der Waals surface area contributed by atoms with E-state index in [1.165, 1.54) is 12.3 Å². The summed E-state index contributed by atoms with van der Waals surface area (Å²) in [6.07, 6.45) is -0.195. The van der Waals surface area contributed by atoms with Crippen molar-refractivity contribution in [2.75, 3.05) is 5.73 Å². The van der Waals surface area contributed by atoms with Gasteiger partial charge in [0, 0.05) is 12.6 Å². The molecule has 2 aliphatic heterocycles. The van der Waals surface area contributed by atoms with Crippen LogP contribution in [-0.2, 0) is 11.0 Å². The number of carbonyl (C=O) groups is 2. The van der Waals surface area contributed by atoms with Gasteiger partial charge in [0.15, 0.2) is 0 Å². The fourth-order valence-corrected chi connectivity index (χ4v) is 4.60. The number of alkyl halides is 3. The molecule has 9 heteroatoms. The molecular weight excluding hydrogens is 409 g/mol. The third kappa shape index (κ3) is 4.22. The lowest BCUT2D eigenvalue weighted by Gasteiger charge is -2.33. The van der Waals surface area contributed by atoms with Gasteiger partial charge in [0.2, 0.25) is 5.91 Å². The summed E-state index contributed by atoms with van der Waals surface area (Å²) in [5, 5.41) is 2.97. The number of anilines is 1. The number of carbonyl (C=O) groups excluding carboxylic acids is 2. The molecule has 4 rings (SSSR count). The van der Waals surface area contributed by atoms with E-state index in [-0.39, 0.29) is 29.4 Å². The van der Waals surface area contributed by atoms with Crippen LogP contribution in [0.25, 0.3) is 0 Å². The fraction of sp³-hybridized carbons (Fsp3) is 0.409. The summed E-state index contributed by atoms with van der Waals surface area (Å²) in [5.74, 6) is -0.434. The molecule has 0 spiro atoms. The summed E-state index contributed by atoms with van der Waals surface area (Å²) < 4.78 is 40.0. The predicted octanol–water partition coefficient (Wildman–Crippen LogP) is 3.70. The molecule has 31 heavy (non-hydrogen) atoms. The van der Waals surface area contributed by atoms with Gasteiger partial charge in [0.05, 0.1) is 29.3 Å². The number of nitrogens with zero attached hydrogens (tertiary/aromatic N) is 2. The lowest BCUT2D eigenvalue weighted by atomic mass is 9.97. The van der Waals surface area contributed by atoms with Crippen molar-refractivity contribution in [1.82, 2.24) is 15.2 Å². The molecule has 2 saturated heterocycles. The van der Waals surface area contributed by atoms with Gasteiger partial charge in [0.1, 0.15) is 5.82 Å². The normalized spacial score (nSPS) is 24.2.